The number of aryl methyl sites for hydroxylation is 1. The van der Waals surface area contributed by atoms with Crippen molar-refractivity contribution in [3.63, 3.8) is 0 Å². The van der Waals surface area contributed by atoms with E-state index in [0.29, 0.717) is 29.6 Å². The van der Waals surface area contributed by atoms with Gasteiger partial charge in [-0.15, -0.1) is 10.2 Å². The molecule has 2 aromatic heterocycles. The molecule has 1 atom stereocenters. The summed E-state index contributed by atoms with van der Waals surface area (Å²) in [4.78, 5) is 24.6. The van der Waals surface area contributed by atoms with Crippen molar-refractivity contribution >= 4 is 5.91 Å². The van der Waals surface area contributed by atoms with Crippen LogP contribution in [0.4, 0.5) is 0 Å². The van der Waals surface area contributed by atoms with Crippen molar-refractivity contribution in [2.75, 3.05) is 13.7 Å². The van der Waals surface area contributed by atoms with Crippen LogP contribution in [0.2, 0.25) is 0 Å². The first-order chi connectivity index (χ1) is 16.6. The minimum Gasteiger partial charge on any atom is -0.497 e. The van der Waals surface area contributed by atoms with E-state index in [1.54, 1.807) is 30.4 Å². The summed E-state index contributed by atoms with van der Waals surface area (Å²) in [5, 5.41) is 7.68. The molecule has 0 N–H and O–H groups in total. The molecule has 0 saturated carbocycles. The first kappa shape index (κ1) is 21.6. The Hall–Kier alpha value is -4.27. The fourth-order valence-electron chi connectivity index (χ4n) is 4.11. The fraction of sp³-hybridized carbons (Fsp3) is 0.240. The monoisotopic (exact) mass is 456 g/mol. The largest absolute Gasteiger partial charge is 0.497 e. The molecule has 0 bridgehead atoms. The topological polar surface area (TPSA) is 95.3 Å². The Kier molecular flexibility index (Phi) is 5.90. The number of carbonyl (C=O) groups is 1. The Morgan fingerprint density at radius 3 is 2.53 bits per heavy atom. The summed E-state index contributed by atoms with van der Waals surface area (Å²) in [5.74, 6) is 2.38. The number of likely N-dealkylation sites (tertiary alicyclic amines) is 1. The number of rotatable bonds is 6. The summed E-state index contributed by atoms with van der Waals surface area (Å²) < 4.78 is 12.9. The van der Waals surface area contributed by atoms with E-state index >= 15 is 0 Å². The van der Waals surface area contributed by atoms with Crippen LogP contribution in [0.25, 0.3) is 5.69 Å². The normalized spacial score (nSPS) is 15.4. The van der Waals surface area contributed by atoms with Gasteiger partial charge >= 0.3 is 0 Å². The Labute approximate surface area is 197 Å². The molecular weight excluding hydrogens is 432 g/mol. The van der Waals surface area contributed by atoms with Crippen LogP contribution in [0.15, 0.2) is 67.3 Å². The van der Waals surface area contributed by atoms with Gasteiger partial charge in [-0.2, -0.15) is 4.98 Å². The van der Waals surface area contributed by atoms with Gasteiger partial charge in [-0.1, -0.05) is 6.07 Å². The van der Waals surface area contributed by atoms with Crippen molar-refractivity contribution in [1.29, 1.82) is 0 Å². The summed E-state index contributed by atoms with van der Waals surface area (Å²) in [6.45, 7) is 2.54. The highest BCUT2D eigenvalue weighted by Crippen LogP contribution is 2.33. The lowest BCUT2D eigenvalue weighted by atomic mass is 10.1. The first-order valence-electron chi connectivity index (χ1n) is 11.0. The lowest BCUT2D eigenvalue weighted by molar-refractivity contribution is 0.0729. The average Bonchev–Trinajstić information content (AvgIpc) is 3.56. The van der Waals surface area contributed by atoms with E-state index in [0.717, 1.165) is 30.0 Å². The number of hydrogen-bond donors (Lipinski definition) is 0. The molecule has 1 fully saturated rings. The van der Waals surface area contributed by atoms with Gasteiger partial charge in [0.15, 0.2) is 5.82 Å². The highest BCUT2D eigenvalue weighted by atomic mass is 16.5. The van der Waals surface area contributed by atoms with Crippen molar-refractivity contribution in [3.8, 4) is 23.1 Å². The number of methoxy groups -OCH3 is 1. The molecule has 1 aliphatic rings. The van der Waals surface area contributed by atoms with E-state index in [-0.39, 0.29) is 11.9 Å². The van der Waals surface area contributed by atoms with Gasteiger partial charge in [-0.05, 0) is 62.2 Å². The molecule has 2 aromatic carbocycles. The minimum atomic E-state index is -0.218. The molecule has 34 heavy (non-hydrogen) atoms. The molecule has 1 saturated heterocycles. The smallest absolute Gasteiger partial charge is 0.254 e. The third-order valence-corrected chi connectivity index (χ3v) is 5.75. The molecule has 0 aliphatic carbocycles. The van der Waals surface area contributed by atoms with Crippen molar-refractivity contribution in [3.05, 3.63) is 84.3 Å². The van der Waals surface area contributed by atoms with Crippen LogP contribution >= 0.6 is 0 Å². The second kappa shape index (κ2) is 9.30. The summed E-state index contributed by atoms with van der Waals surface area (Å²) >= 11 is 0. The van der Waals surface area contributed by atoms with Gasteiger partial charge in [-0.25, -0.2) is 4.98 Å². The summed E-state index contributed by atoms with van der Waals surface area (Å²) in [5.41, 5.74) is 2.21. The first-order valence-corrected chi connectivity index (χ1v) is 11.0. The number of benzene rings is 2. The van der Waals surface area contributed by atoms with Gasteiger partial charge in [-0.3, -0.25) is 9.36 Å². The molecule has 9 nitrogen and oxygen atoms in total. The lowest BCUT2D eigenvalue weighted by Gasteiger charge is -2.24. The average molecular weight is 457 g/mol. The summed E-state index contributed by atoms with van der Waals surface area (Å²) in [7, 11) is 1.62. The molecule has 5 rings (SSSR count). The number of nitrogens with zero attached hydrogens (tertiary/aromatic N) is 6. The third-order valence-electron chi connectivity index (χ3n) is 5.75. The maximum absolute atomic E-state index is 13.5. The standard InChI is InChI=1S/C25H24N6O3/c1-17-13-23(34-21-10-8-20(33-2)9-11-21)29-24(28-17)22-7-4-12-31(22)25(32)18-5-3-6-19(14-18)30-15-26-27-16-30/h3,5-6,8-11,13-16,22H,4,7,12H2,1-2H3/t22-/m1/s1. The van der Waals surface area contributed by atoms with Crippen molar-refractivity contribution in [2.45, 2.75) is 25.8 Å². The van der Waals surface area contributed by atoms with Crippen molar-refractivity contribution in [2.24, 2.45) is 0 Å². The maximum atomic E-state index is 13.5. The van der Waals surface area contributed by atoms with Gasteiger partial charge in [0.05, 0.1) is 13.2 Å². The Morgan fingerprint density at radius 2 is 1.76 bits per heavy atom. The number of carbonyl (C=O) groups excluding carboxylic acids is 1. The molecule has 0 radical (unpaired) electrons. The molecular formula is C25H24N6O3. The predicted octanol–water partition coefficient (Wildman–Crippen LogP) is 4.14. The molecule has 1 aliphatic heterocycles. The van der Waals surface area contributed by atoms with Gasteiger partial charge in [0, 0.05) is 29.6 Å². The number of hydrogen-bond acceptors (Lipinski definition) is 7. The van der Waals surface area contributed by atoms with E-state index in [4.69, 9.17) is 9.47 Å². The molecule has 9 heteroatoms. The number of ether oxygens (including phenoxy) is 2. The predicted molar refractivity (Wildman–Crippen MR) is 124 cm³/mol. The molecule has 4 aromatic rings. The van der Waals surface area contributed by atoms with Crippen LogP contribution < -0.4 is 9.47 Å². The van der Waals surface area contributed by atoms with Crippen molar-refractivity contribution < 1.29 is 14.3 Å². The molecule has 3 heterocycles. The van der Waals surface area contributed by atoms with Gasteiger partial charge in [0.25, 0.3) is 5.91 Å². The molecule has 1 amide bonds. The second-order valence-corrected chi connectivity index (χ2v) is 8.06. The van der Waals surface area contributed by atoms with Crippen LogP contribution in [-0.4, -0.2) is 49.2 Å². The Morgan fingerprint density at radius 1 is 1.00 bits per heavy atom. The van der Waals surface area contributed by atoms with Crippen LogP contribution in [0.1, 0.15) is 40.8 Å². The summed E-state index contributed by atoms with van der Waals surface area (Å²) in [6, 6.07) is 16.3. The molecule has 0 unspecified atom stereocenters. The van der Waals surface area contributed by atoms with Crippen LogP contribution in [0, 0.1) is 6.92 Å². The highest BCUT2D eigenvalue weighted by Gasteiger charge is 2.33. The van der Waals surface area contributed by atoms with E-state index in [1.165, 1.54) is 0 Å². The zero-order valence-corrected chi connectivity index (χ0v) is 19.0. The Balaban J connectivity index is 1.39. The van der Waals surface area contributed by atoms with Crippen LogP contribution in [-0.2, 0) is 0 Å². The quantitative estimate of drug-likeness (QED) is 0.430. The van der Waals surface area contributed by atoms with Gasteiger partial charge < -0.3 is 14.4 Å². The molecule has 0 spiro atoms. The third kappa shape index (κ3) is 4.45. The van der Waals surface area contributed by atoms with Crippen LogP contribution in [0.5, 0.6) is 17.4 Å². The highest BCUT2D eigenvalue weighted by molar-refractivity contribution is 5.95. The number of amides is 1. The van der Waals surface area contributed by atoms with E-state index in [2.05, 4.69) is 20.2 Å². The fourth-order valence-corrected chi connectivity index (χ4v) is 4.11. The zero-order valence-electron chi connectivity index (χ0n) is 19.0. The van der Waals surface area contributed by atoms with E-state index in [9.17, 15) is 4.79 Å². The minimum absolute atomic E-state index is 0.0554. The Bertz CT molecular complexity index is 1290. The SMILES string of the molecule is COc1ccc(Oc2cc(C)nc([C@H]3CCCN3C(=O)c3cccc(-n4cnnc4)c3)n2)cc1. The van der Waals surface area contributed by atoms with E-state index < -0.39 is 0 Å². The van der Waals surface area contributed by atoms with Crippen molar-refractivity contribution in [1.82, 2.24) is 29.6 Å². The summed E-state index contributed by atoms with van der Waals surface area (Å²) in [6.07, 6.45) is 4.89. The second-order valence-electron chi connectivity index (χ2n) is 8.06. The lowest BCUT2D eigenvalue weighted by Crippen LogP contribution is -2.31. The van der Waals surface area contributed by atoms with Gasteiger partial charge in [0.2, 0.25) is 5.88 Å². The van der Waals surface area contributed by atoms with E-state index in [1.807, 2.05) is 60.4 Å². The zero-order chi connectivity index (χ0) is 23.5. The number of aromatic nitrogens is 5. The van der Waals surface area contributed by atoms with Crippen LogP contribution in [0.3, 0.4) is 0 Å². The maximum Gasteiger partial charge on any atom is 0.254 e. The molecule has 172 valence electrons. The van der Waals surface area contributed by atoms with Gasteiger partial charge in [0.1, 0.15) is 24.2 Å².